The minimum atomic E-state index is -1.43. The molecule has 4 heterocycles. The van der Waals surface area contributed by atoms with Crippen molar-refractivity contribution in [3.63, 3.8) is 0 Å². The first-order valence-corrected chi connectivity index (χ1v) is 14.9. The van der Waals surface area contributed by atoms with Gasteiger partial charge in [-0.2, -0.15) is 5.10 Å². The van der Waals surface area contributed by atoms with E-state index in [4.69, 9.17) is 15.6 Å². The van der Waals surface area contributed by atoms with E-state index in [1.807, 2.05) is 25.1 Å². The summed E-state index contributed by atoms with van der Waals surface area (Å²) in [6, 6.07) is 9.33. The Bertz CT molecular complexity index is 1660. The summed E-state index contributed by atoms with van der Waals surface area (Å²) in [5.74, 6) is 0.766. The average Bonchev–Trinajstić information content (AvgIpc) is 3.63. The molecule has 4 aromatic rings. The van der Waals surface area contributed by atoms with E-state index in [9.17, 15) is 18.7 Å². The van der Waals surface area contributed by atoms with Crippen LogP contribution in [0, 0.1) is 12.8 Å². The number of aromatic nitrogens is 3. The lowest BCUT2D eigenvalue weighted by atomic mass is 10.0. The van der Waals surface area contributed by atoms with Crippen LogP contribution in [0.1, 0.15) is 49.0 Å². The van der Waals surface area contributed by atoms with Gasteiger partial charge in [-0.3, -0.25) is 4.79 Å². The number of fused-ring (bicyclic) bond motifs is 2. The second kappa shape index (κ2) is 11.1. The normalized spacial score (nSPS) is 20.1. The third kappa shape index (κ3) is 5.80. The Balaban J connectivity index is 1.39. The number of carbonyl (C=O) groups excluding carboxylic acids is 1. The number of hydrogen-bond donors (Lipinski definition) is 3. The Kier molecular flexibility index (Phi) is 7.58. The SMILES string of the molecule is COc1cc(C(=O)N2C[C@H](N)C[C@@H](F)C2)cn2nc(-c3cc4ccc(NCC(F)C(C)(C)O)cc4n3CC3CC3)c(C)c12. The van der Waals surface area contributed by atoms with Crippen LogP contribution in [0.25, 0.3) is 27.8 Å². The van der Waals surface area contributed by atoms with Gasteiger partial charge in [0.15, 0.2) is 0 Å². The first-order chi connectivity index (χ1) is 20.4. The number of hydrogen-bond acceptors (Lipinski definition) is 6. The highest BCUT2D eigenvalue weighted by Gasteiger charge is 2.31. The Hall–Kier alpha value is -3.70. The molecule has 2 fully saturated rings. The molecule has 1 aliphatic carbocycles. The van der Waals surface area contributed by atoms with E-state index in [0.29, 0.717) is 23.8 Å². The van der Waals surface area contributed by atoms with E-state index >= 15 is 0 Å². The summed E-state index contributed by atoms with van der Waals surface area (Å²) in [6.45, 7) is 6.04. The van der Waals surface area contributed by atoms with Crippen LogP contribution < -0.4 is 15.8 Å². The number of carbonyl (C=O) groups is 1. The maximum absolute atomic E-state index is 14.4. The fourth-order valence-corrected chi connectivity index (χ4v) is 6.00. The molecule has 1 aromatic carbocycles. The van der Waals surface area contributed by atoms with Crippen LogP contribution in [0.2, 0.25) is 0 Å². The monoisotopic (exact) mass is 594 g/mol. The standard InChI is InChI=1S/C32H40F2N6O3/c1-18-29(37-40-15-21(10-27(43-4)30(18)40)31(41)38-16-22(33)11-23(35)17-38)26-9-20-7-8-24(36-13-28(34)32(2,3)42)12-25(20)39(26)14-19-5-6-19/h7-10,12,15,19,22-23,28,36,42H,5-6,11,13-14,16-17,35H2,1-4H3/t22-,23-,28?/m1/s1. The highest BCUT2D eigenvalue weighted by atomic mass is 19.1. The number of ether oxygens (including phenoxy) is 1. The molecule has 4 N–H and O–H groups in total. The van der Waals surface area contributed by atoms with Gasteiger partial charge in [-0.25, -0.2) is 13.3 Å². The first kappa shape index (κ1) is 29.4. The van der Waals surface area contributed by atoms with Crippen molar-refractivity contribution in [2.45, 2.75) is 70.6 Å². The summed E-state index contributed by atoms with van der Waals surface area (Å²) in [5, 5.41) is 19.1. The highest BCUT2D eigenvalue weighted by Crippen LogP contribution is 2.39. The molecule has 1 unspecified atom stereocenters. The molecular formula is C32H40F2N6O3. The van der Waals surface area contributed by atoms with Gasteiger partial charge in [0.1, 0.15) is 29.3 Å². The van der Waals surface area contributed by atoms with Crippen molar-refractivity contribution < 1.29 is 23.4 Å². The van der Waals surface area contributed by atoms with Crippen molar-refractivity contribution in [3.8, 4) is 17.1 Å². The number of rotatable bonds is 9. The third-order valence-electron chi connectivity index (χ3n) is 8.65. The molecule has 0 bridgehead atoms. The van der Waals surface area contributed by atoms with Crippen LogP contribution in [-0.4, -0.2) is 80.8 Å². The fraction of sp³-hybridized carbons (Fsp3) is 0.500. The number of likely N-dealkylation sites (tertiary alicyclic amines) is 1. The van der Waals surface area contributed by atoms with Crippen molar-refractivity contribution in [1.29, 1.82) is 0 Å². The number of anilines is 1. The Morgan fingerprint density at radius 3 is 2.70 bits per heavy atom. The minimum absolute atomic E-state index is 0.00700. The summed E-state index contributed by atoms with van der Waals surface area (Å²) < 4.78 is 38.3. The quantitative estimate of drug-likeness (QED) is 0.259. The number of aryl methyl sites for hydroxylation is 1. The summed E-state index contributed by atoms with van der Waals surface area (Å²) in [7, 11) is 1.56. The number of benzene rings is 1. The molecule has 0 radical (unpaired) electrons. The van der Waals surface area contributed by atoms with Crippen LogP contribution in [0.3, 0.4) is 0 Å². The van der Waals surface area contributed by atoms with Crippen molar-refractivity contribution in [1.82, 2.24) is 19.1 Å². The maximum atomic E-state index is 14.4. The van der Waals surface area contributed by atoms with E-state index in [0.717, 1.165) is 58.4 Å². The van der Waals surface area contributed by atoms with E-state index in [2.05, 4.69) is 16.0 Å². The van der Waals surface area contributed by atoms with Gasteiger partial charge in [-0.05, 0) is 70.2 Å². The lowest BCUT2D eigenvalue weighted by molar-refractivity contribution is 0.00323. The summed E-state index contributed by atoms with van der Waals surface area (Å²) in [5.41, 5.74) is 10.1. The molecule has 2 aliphatic rings. The molecule has 3 atom stereocenters. The fourth-order valence-electron chi connectivity index (χ4n) is 6.00. The lowest BCUT2D eigenvalue weighted by Crippen LogP contribution is -2.50. The second-order valence-corrected chi connectivity index (χ2v) is 12.7. The molecule has 6 rings (SSSR count). The Morgan fingerprint density at radius 2 is 2.02 bits per heavy atom. The molecule has 3 aromatic heterocycles. The molecule has 1 saturated heterocycles. The van der Waals surface area contributed by atoms with E-state index in [1.54, 1.807) is 23.9 Å². The topological polar surface area (TPSA) is 110 Å². The van der Waals surface area contributed by atoms with Crippen molar-refractivity contribution in [2.24, 2.45) is 11.7 Å². The summed E-state index contributed by atoms with van der Waals surface area (Å²) in [6.07, 6.45) is 1.67. The third-order valence-corrected chi connectivity index (χ3v) is 8.65. The van der Waals surface area contributed by atoms with E-state index < -0.39 is 24.0 Å². The zero-order valence-electron chi connectivity index (χ0n) is 25.1. The Labute approximate surface area is 249 Å². The average molecular weight is 595 g/mol. The predicted octanol–water partition coefficient (Wildman–Crippen LogP) is 4.72. The van der Waals surface area contributed by atoms with Crippen LogP contribution in [0.4, 0.5) is 14.5 Å². The zero-order chi connectivity index (χ0) is 30.6. The van der Waals surface area contributed by atoms with Crippen LogP contribution in [0.5, 0.6) is 5.75 Å². The number of methoxy groups -OCH3 is 1. The zero-order valence-corrected chi connectivity index (χ0v) is 25.1. The summed E-state index contributed by atoms with van der Waals surface area (Å²) in [4.78, 5) is 14.9. The van der Waals surface area contributed by atoms with Crippen LogP contribution >= 0.6 is 0 Å². The molecule has 1 aliphatic heterocycles. The summed E-state index contributed by atoms with van der Waals surface area (Å²) >= 11 is 0. The molecule has 43 heavy (non-hydrogen) atoms. The number of amides is 1. The van der Waals surface area contributed by atoms with Gasteiger partial charge in [0, 0.05) is 48.5 Å². The number of piperidine rings is 1. The molecule has 1 amide bonds. The highest BCUT2D eigenvalue weighted by molar-refractivity contribution is 5.96. The van der Waals surface area contributed by atoms with Gasteiger partial charge in [0.2, 0.25) is 0 Å². The number of halogens is 2. The molecule has 11 heteroatoms. The first-order valence-electron chi connectivity index (χ1n) is 14.9. The second-order valence-electron chi connectivity index (χ2n) is 12.7. The smallest absolute Gasteiger partial charge is 0.255 e. The van der Waals surface area contributed by atoms with E-state index in [-0.39, 0.29) is 25.4 Å². The largest absolute Gasteiger partial charge is 0.494 e. The number of pyridine rings is 1. The van der Waals surface area contributed by atoms with Gasteiger partial charge >= 0.3 is 0 Å². The van der Waals surface area contributed by atoms with Crippen molar-refractivity contribution in [3.05, 3.63) is 47.7 Å². The number of alkyl halides is 2. The number of nitrogens with two attached hydrogens (primary N) is 1. The van der Waals surface area contributed by atoms with Gasteiger partial charge in [0.05, 0.1) is 36.0 Å². The number of nitrogens with one attached hydrogen (secondary N) is 1. The molecule has 9 nitrogen and oxygen atoms in total. The number of aliphatic hydroxyl groups is 1. The van der Waals surface area contributed by atoms with Crippen molar-refractivity contribution >= 4 is 28.0 Å². The van der Waals surface area contributed by atoms with Gasteiger partial charge in [-0.15, -0.1) is 0 Å². The Morgan fingerprint density at radius 1 is 1.26 bits per heavy atom. The number of nitrogens with zero attached hydrogens (tertiary/aromatic N) is 4. The molecule has 230 valence electrons. The van der Waals surface area contributed by atoms with Gasteiger partial charge in [-0.1, -0.05) is 6.07 Å². The van der Waals surface area contributed by atoms with Gasteiger partial charge < -0.3 is 30.4 Å². The lowest BCUT2D eigenvalue weighted by Gasteiger charge is -2.33. The molecule has 0 spiro atoms. The van der Waals surface area contributed by atoms with Crippen LogP contribution in [-0.2, 0) is 6.54 Å². The predicted molar refractivity (Wildman–Crippen MR) is 163 cm³/mol. The van der Waals surface area contributed by atoms with Gasteiger partial charge in [0.25, 0.3) is 5.91 Å². The van der Waals surface area contributed by atoms with Crippen molar-refractivity contribution in [2.75, 3.05) is 32.1 Å². The molecular weight excluding hydrogens is 554 g/mol. The maximum Gasteiger partial charge on any atom is 0.255 e. The van der Waals surface area contributed by atoms with E-state index in [1.165, 1.54) is 18.7 Å². The molecule has 1 saturated carbocycles. The minimum Gasteiger partial charge on any atom is -0.494 e. The van der Waals surface area contributed by atoms with Crippen LogP contribution in [0.15, 0.2) is 36.5 Å².